The van der Waals surface area contributed by atoms with E-state index in [1.54, 1.807) is 0 Å². The minimum absolute atomic E-state index is 0. The van der Waals surface area contributed by atoms with E-state index < -0.39 is 5.90 Å². The SMILES string of the molecule is O.O.O.O.[Br][Ge]([Br])([Br])[Br]. The van der Waals surface area contributed by atoms with Crippen LogP contribution in [-0.2, 0) is 0 Å². The zero-order valence-corrected chi connectivity index (χ0v) is 12.5. The molecule has 0 aliphatic carbocycles. The molecule has 0 aromatic rings. The van der Waals surface area contributed by atoms with Crippen LogP contribution in [0.15, 0.2) is 0 Å². The van der Waals surface area contributed by atoms with Gasteiger partial charge in [-0.05, 0) is 0 Å². The summed E-state index contributed by atoms with van der Waals surface area (Å²) >= 11 is 13.2. The monoisotopic (exact) mass is 462 g/mol. The summed E-state index contributed by atoms with van der Waals surface area (Å²) in [6, 6.07) is 0. The Morgan fingerprint density at radius 1 is 0.556 bits per heavy atom. The molecule has 0 aliphatic rings. The summed E-state index contributed by atoms with van der Waals surface area (Å²) in [5, 5.41) is 0. The third kappa shape index (κ3) is 134. The van der Waals surface area contributed by atoms with Crippen LogP contribution < -0.4 is 0 Å². The molecule has 0 saturated heterocycles. The molecule has 0 bridgehead atoms. The van der Waals surface area contributed by atoms with Crippen molar-refractivity contribution in [3.8, 4) is 0 Å². The van der Waals surface area contributed by atoms with E-state index in [4.69, 9.17) is 0 Å². The van der Waals surface area contributed by atoms with Crippen molar-refractivity contribution >= 4 is 61.9 Å². The number of rotatable bonds is 0. The van der Waals surface area contributed by atoms with Gasteiger partial charge in [0, 0.05) is 0 Å². The van der Waals surface area contributed by atoms with Gasteiger partial charge in [0.15, 0.2) is 0 Å². The van der Waals surface area contributed by atoms with Crippen molar-refractivity contribution in [2.75, 3.05) is 0 Å². The van der Waals surface area contributed by atoms with Crippen LogP contribution in [0.25, 0.3) is 0 Å². The van der Waals surface area contributed by atoms with Crippen LogP contribution in [0.3, 0.4) is 0 Å². The Hall–Kier alpha value is 2.30. The van der Waals surface area contributed by atoms with Crippen LogP contribution >= 0.6 is 56.0 Å². The zero-order chi connectivity index (χ0) is 4.50. The third-order valence-electron chi connectivity index (χ3n) is 0. The van der Waals surface area contributed by atoms with Gasteiger partial charge < -0.3 is 21.9 Å². The summed E-state index contributed by atoms with van der Waals surface area (Å²) in [6.45, 7) is 0. The fourth-order valence-corrected chi connectivity index (χ4v) is 0. The molecule has 0 spiro atoms. The second-order valence-corrected chi connectivity index (χ2v) is 60.1. The second kappa shape index (κ2) is 12.9. The molecule has 9 heavy (non-hydrogen) atoms. The summed E-state index contributed by atoms with van der Waals surface area (Å²) in [4.78, 5) is 0. The third-order valence-corrected chi connectivity index (χ3v) is 0. The van der Waals surface area contributed by atoms with Gasteiger partial charge in [0.25, 0.3) is 0 Å². The fourth-order valence-electron chi connectivity index (χ4n) is 0. The van der Waals surface area contributed by atoms with E-state index in [0.29, 0.717) is 0 Å². The normalized spacial score (nSPS) is 6.67. The maximum atomic E-state index is 3.31. The predicted molar refractivity (Wildman–Crippen MR) is 55.9 cm³/mol. The van der Waals surface area contributed by atoms with Crippen molar-refractivity contribution in [1.82, 2.24) is 0 Å². The Bertz CT molecular complexity index is 28.0. The second-order valence-electron chi connectivity index (χ2n) is 0.429. The molecule has 0 fully saturated rings. The van der Waals surface area contributed by atoms with E-state index in [-0.39, 0.29) is 21.9 Å². The van der Waals surface area contributed by atoms with Crippen molar-refractivity contribution < 1.29 is 21.9 Å². The predicted octanol–water partition coefficient (Wildman–Crippen LogP) is -0.297. The summed E-state index contributed by atoms with van der Waals surface area (Å²) < 4.78 is 0. The molecule has 0 unspecified atom stereocenters. The molecule has 64 valence electrons. The van der Waals surface area contributed by atoms with Gasteiger partial charge in [0.2, 0.25) is 0 Å². The Morgan fingerprint density at radius 3 is 0.556 bits per heavy atom. The first-order valence-corrected chi connectivity index (χ1v) is 20.4. The molecule has 0 aromatic carbocycles. The van der Waals surface area contributed by atoms with Gasteiger partial charge in [-0.25, -0.2) is 0 Å². The van der Waals surface area contributed by atoms with Crippen LogP contribution in [-0.4, -0.2) is 27.8 Å². The minimum atomic E-state index is -1.75. The van der Waals surface area contributed by atoms with Crippen molar-refractivity contribution in [2.24, 2.45) is 0 Å². The average Bonchev–Trinajstić information content (AvgIpc) is 0.722. The molecule has 4 nitrogen and oxygen atoms in total. The molecule has 0 amide bonds. The molecular formula is H8Br4GeO4. The Morgan fingerprint density at radius 2 is 0.556 bits per heavy atom. The Balaban J connectivity index is -0.0000000133. The van der Waals surface area contributed by atoms with E-state index in [2.05, 4.69) is 56.0 Å². The number of halogens is 4. The molecule has 0 atom stereocenters. The van der Waals surface area contributed by atoms with E-state index in [1.807, 2.05) is 0 Å². The topological polar surface area (TPSA) is 126 Å². The van der Waals surface area contributed by atoms with Crippen LogP contribution in [0.2, 0.25) is 0 Å². The van der Waals surface area contributed by atoms with Crippen molar-refractivity contribution in [1.29, 1.82) is 0 Å². The number of hydrogen-bond donors (Lipinski definition) is 0. The number of hydrogen-bond acceptors (Lipinski definition) is 0. The van der Waals surface area contributed by atoms with Crippen LogP contribution in [0.1, 0.15) is 0 Å². The van der Waals surface area contributed by atoms with Gasteiger partial charge in [0.1, 0.15) is 0 Å². The maximum absolute atomic E-state index is 3.31. The standard InChI is InChI=1S/Br4Ge.4H2O/c1-5(2,3)4;;;;/h;4*1H2. The van der Waals surface area contributed by atoms with Crippen molar-refractivity contribution in [3.63, 3.8) is 0 Å². The first-order chi connectivity index (χ1) is 2.00. The van der Waals surface area contributed by atoms with E-state index in [1.165, 1.54) is 0 Å². The quantitative estimate of drug-likeness (QED) is 0.437. The van der Waals surface area contributed by atoms with Gasteiger partial charge in [-0.3, -0.25) is 0 Å². The van der Waals surface area contributed by atoms with Crippen LogP contribution in [0, 0.1) is 0 Å². The molecule has 8 N–H and O–H groups in total. The van der Waals surface area contributed by atoms with Crippen LogP contribution in [0.5, 0.6) is 0 Å². The van der Waals surface area contributed by atoms with Gasteiger partial charge in [-0.1, -0.05) is 0 Å². The molecule has 0 aliphatic heterocycles. The summed E-state index contributed by atoms with van der Waals surface area (Å²) in [7, 11) is 0. The van der Waals surface area contributed by atoms with Crippen LogP contribution in [0.4, 0.5) is 0 Å². The fraction of sp³-hybridized carbons (Fsp3) is 0. The average molecular weight is 464 g/mol. The summed E-state index contributed by atoms with van der Waals surface area (Å²) in [6.07, 6.45) is 0. The Labute approximate surface area is 82.8 Å². The molecule has 0 saturated carbocycles. The van der Waals surface area contributed by atoms with Gasteiger partial charge in [-0.15, -0.1) is 0 Å². The van der Waals surface area contributed by atoms with Gasteiger partial charge >= 0.3 is 61.9 Å². The van der Waals surface area contributed by atoms with Gasteiger partial charge in [0.05, 0.1) is 0 Å². The summed E-state index contributed by atoms with van der Waals surface area (Å²) in [5.41, 5.74) is 0. The molecule has 0 rings (SSSR count). The Kier molecular flexibility index (Phi) is 43.4. The van der Waals surface area contributed by atoms with Crippen molar-refractivity contribution in [3.05, 3.63) is 0 Å². The summed E-state index contributed by atoms with van der Waals surface area (Å²) in [5.74, 6) is -1.75. The molecule has 9 heteroatoms. The molecular weight excluding hydrogens is 456 g/mol. The van der Waals surface area contributed by atoms with E-state index in [9.17, 15) is 0 Å². The van der Waals surface area contributed by atoms with Crippen molar-refractivity contribution in [2.45, 2.75) is 0 Å². The zero-order valence-electron chi connectivity index (χ0n) is 4.01. The van der Waals surface area contributed by atoms with E-state index in [0.717, 1.165) is 0 Å². The van der Waals surface area contributed by atoms with Gasteiger partial charge in [-0.2, -0.15) is 0 Å². The first-order valence-electron chi connectivity index (χ1n) is 0.756. The molecule has 0 aromatic heterocycles. The molecule has 0 heterocycles. The molecule has 0 radical (unpaired) electrons. The van der Waals surface area contributed by atoms with E-state index >= 15 is 0 Å². The first kappa shape index (κ1) is 30.2.